The molecular formula is C28H21Cl2N3O4. The van der Waals surface area contributed by atoms with Crippen molar-refractivity contribution < 1.29 is 19.2 Å². The van der Waals surface area contributed by atoms with Gasteiger partial charge in [0.15, 0.2) is 0 Å². The number of hydrogen-bond acceptors (Lipinski definition) is 4. The quantitative estimate of drug-likeness (QED) is 0.306. The Morgan fingerprint density at radius 2 is 1.14 bits per heavy atom. The summed E-state index contributed by atoms with van der Waals surface area (Å²) >= 11 is 14.8. The van der Waals surface area contributed by atoms with Crippen molar-refractivity contribution in [3.05, 3.63) is 107 Å². The van der Waals surface area contributed by atoms with E-state index in [0.717, 1.165) is 4.90 Å². The zero-order valence-electron chi connectivity index (χ0n) is 19.6. The lowest BCUT2D eigenvalue weighted by Crippen LogP contribution is -2.57. The van der Waals surface area contributed by atoms with E-state index in [4.69, 9.17) is 23.2 Å². The highest BCUT2D eigenvalue weighted by molar-refractivity contribution is 6.36. The monoisotopic (exact) mass is 533 g/mol. The Morgan fingerprint density at radius 1 is 0.730 bits per heavy atom. The molecule has 1 saturated heterocycles. The van der Waals surface area contributed by atoms with Crippen LogP contribution in [0.5, 0.6) is 0 Å². The average molecular weight is 534 g/mol. The number of carbonyl (C=O) groups is 4. The normalized spacial score (nSPS) is 27.7. The van der Waals surface area contributed by atoms with Gasteiger partial charge in [-0.1, -0.05) is 66.7 Å². The fourth-order valence-corrected chi connectivity index (χ4v) is 7.17. The van der Waals surface area contributed by atoms with E-state index in [9.17, 15) is 19.2 Å². The molecule has 2 bridgehead atoms. The Morgan fingerprint density at radius 3 is 1.57 bits per heavy atom. The van der Waals surface area contributed by atoms with Crippen LogP contribution in [0.4, 0.5) is 0 Å². The Kier molecular flexibility index (Phi) is 5.23. The minimum atomic E-state index is -1.33. The van der Waals surface area contributed by atoms with Crippen LogP contribution in [0.3, 0.4) is 0 Å². The van der Waals surface area contributed by atoms with Crippen molar-refractivity contribution in [3.8, 4) is 0 Å². The minimum Gasteiger partial charge on any atom is -0.274 e. The van der Waals surface area contributed by atoms with E-state index in [0.29, 0.717) is 27.8 Å². The molecule has 0 spiro atoms. The Hall–Kier alpha value is -3.68. The third kappa shape index (κ3) is 3.01. The summed E-state index contributed by atoms with van der Waals surface area (Å²) in [6.07, 6.45) is 0. The molecule has 1 aliphatic heterocycles. The van der Waals surface area contributed by atoms with Gasteiger partial charge in [-0.2, -0.15) is 0 Å². The number of halogens is 2. The number of rotatable bonds is 3. The highest BCUT2D eigenvalue weighted by Gasteiger charge is 2.73. The van der Waals surface area contributed by atoms with Gasteiger partial charge in [-0.25, -0.2) is 0 Å². The number of hydrogen-bond donors (Lipinski definition) is 2. The zero-order valence-corrected chi connectivity index (χ0v) is 21.1. The van der Waals surface area contributed by atoms with Crippen LogP contribution in [-0.4, -0.2) is 34.6 Å². The second-order valence-corrected chi connectivity index (χ2v) is 10.7. The number of alkyl halides is 2. The predicted molar refractivity (Wildman–Crippen MR) is 136 cm³/mol. The molecule has 3 aromatic carbocycles. The molecule has 0 unspecified atom stereocenters. The van der Waals surface area contributed by atoms with E-state index in [1.807, 2.05) is 48.5 Å². The molecule has 1 heterocycles. The molecule has 2 N–H and O–H groups in total. The maximum atomic E-state index is 13.9. The maximum Gasteiger partial charge on any atom is 0.269 e. The van der Waals surface area contributed by atoms with Crippen LogP contribution in [0.15, 0.2) is 78.9 Å². The number of hydrazine groups is 1. The SMILES string of the molecule is C[C@H](C(=O)NNC(=O)c1ccccc1)N1C(=O)[C@@H]2[C@H](C1=O)C1(Cl)c3ccccc3C2(Cl)c2ccccc21. The van der Waals surface area contributed by atoms with Crippen LogP contribution < -0.4 is 10.9 Å². The van der Waals surface area contributed by atoms with Gasteiger partial charge >= 0.3 is 0 Å². The molecule has 7 rings (SSSR count). The fraction of sp³-hybridized carbons (Fsp3) is 0.214. The minimum absolute atomic E-state index is 0.343. The molecule has 4 amide bonds. The molecule has 4 aliphatic rings. The van der Waals surface area contributed by atoms with Crippen LogP contribution >= 0.6 is 23.2 Å². The largest absolute Gasteiger partial charge is 0.274 e. The van der Waals surface area contributed by atoms with Gasteiger partial charge in [0.25, 0.3) is 11.8 Å². The highest BCUT2D eigenvalue weighted by atomic mass is 35.5. The first-order valence-electron chi connectivity index (χ1n) is 11.8. The molecule has 0 saturated carbocycles. The summed E-state index contributed by atoms with van der Waals surface area (Å²) in [5.41, 5.74) is 7.72. The molecule has 3 aliphatic carbocycles. The predicted octanol–water partition coefficient (Wildman–Crippen LogP) is 3.43. The Labute approximate surface area is 222 Å². The molecule has 3 atom stereocenters. The second kappa shape index (κ2) is 8.16. The summed E-state index contributed by atoms with van der Waals surface area (Å²) in [5.74, 6) is -4.40. The van der Waals surface area contributed by atoms with E-state index in [-0.39, 0.29) is 0 Å². The summed E-state index contributed by atoms with van der Waals surface area (Å²) in [4.78, 5) is 51.4. The van der Waals surface area contributed by atoms with Crippen molar-refractivity contribution in [3.63, 3.8) is 0 Å². The van der Waals surface area contributed by atoms with Gasteiger partial charge in [-0.15, -0.1) is 23.2 Å². The molecule has 1 fully saturated rings. The summed E-state index contributed by atoms with van der Waals surface area (Å²) in [6.45, 7) is 1.43. The second-order valence-electron chi connectivity index (χ2n) is 9.50. The molecule has 186 valence electrons. The lowest BCUT2D eigenvalue weighted by Gasteiger charge is -2.54. The number of likely N-dealkylation sites (tertiary alicyclic amines) is 1. The van der Waals surface area contributed by atoms with Gasteiger partial charge in [0.05, 0.1) is 11.8 Å². The summed E-state index contributed by atoms with van der Waals surface area (Å²) in [5, 5.41) is 0. The van der Waals surface area contributed by atoms with E-state index >= 15 is 0 Å². The standard InChI is InChI=1S/C28H21Cl2N3O4/c1-15(23(34)31-32-24(35)16-9-3-2-4-10-16)33-25(36)21-22(26(33)37)28(30)18-12-6-5-11-17(18)27(21,29)19-13-7-8-14-20(19)28/h2-15,21-22H,1H3,(H,31,34)(H,32,35)/t15-,21-,22+,27?,28?/m1/s1. The van der Waals surface area contributed by atoms with Crippen molar-refractivity contribution in [2.24, 2.45) is 11.8 Å². The Balaban J connectivity index is 1.35. The van der Waals surface area contributed by atoms with Crippen LogP contribution in [0, 0.1) is 11.8 Å². The van der Waals surface area contributed by atoms with Crippen molar-refractivity contribution >= 4 is 46.8 Å². The molecule has 9 heteroatoms. The topological polar surface area (TPSA) is 95.6 Å². The van der Waals surface area contributed by atoms with Crippen molar-refractivity contribution in [1.29, 1.82) is 0 Å². The number of carbonyl (C=O) groups excluding carboxylic acids is 4. The van der Waals surface area contributed by atoms with Gasteiger partial charge in [0.2, 0.25) is 11.8 Å². The number of imide groups is 1. The average Bonchev–Trinajstić information content (AvgIpc) is 3.21. The first kappa shape index (κ1) is 23.7. The van der Waals surface area contributed by atoms with Crippen LogP contribution in [0.25, 0.3) is 0 Å². The number of amides is 4. The van der Waals surface area contributed by atoms with Crippen molar-refractivity contribution in [1.82, 2.24) is 15.8 Å². The first-order valence-corrected chi connectivity index (χ1v) is 12.6. The van der Waals surface area contributed by atoms with Gasteiger partial charge in [-0.3, -0.25) is 34.9 Å². The summed E-state index contributed by atoms with van der Waals surface area (Å²) in [7, 11) is 0. The molecule has 3 aromatic rings. The maximum absolute atomic E-state index is 13.9. The third-order valence-corrected chi connectivity index (χ3v) is 9.01. The summed E-state index contributed by atoms with van der Waals surface area (Å²) < 4.78 is 0. The van der Waals surface area contributed by atoms with E-state index < -0.39 is 51.3 Å². The zero-order chi connectivity index (χ0) is 26.1. The van der Waals surface area contributed by atoms with E-state index in [1.165, 1.54) is 6.92 Å². The van der Waals surface area contributed by atoms with Gasteiger partial charge in [-0.05, 0) is 41.3 Å². The van der Waals surface area contributed by atoms with Gasteiger partial charge in [0, 0.05) is 5.56 Å². The lowest BCUT2D eigenvalue weighted by molar-refractivity contribution is -0.147. The van der Waals surface area contributed by atoms with Gasteiger partial charge in [0.1, 0.15) is 15.8 Å². The smallest absolute Gasteiger partial charge is 0.269 e. The number of nitrogens with zero attached hydrogens (tertiary/aromatic N) is 1. The molecule has 37 heavy (non-hydrogen) atoms. The lowest BCUT2D eigenvalue weighted by atomic mass is 9.54. The third-order valence-electron chi connectivity index (χ3n) is 7.72. The number of benzene rings is 3. The first-order chi connectivity index (χ1) is 17.7. The highest BCUT2D eigenvalue weighted by Crippen LogP contribution is 2.69. The van der Waals surface area contributed by atoms with Crippen LogP contribution in [0.1, 0.15) is 39.5 Å². The molecule has 0 radical (unpaired) electrons. The van der Waals surface area contributed by atoms with Crippen molar-refractivity contribution in [2.75, 3.05) is 0 Å². The van der Waals surface area contributed by atoms with Gasteiger partial charge < -0.3 is 0 Å². The van der Waals surface area contributed by atoms with E-state index in [1.54, 1.807) is 30.3 Å². The number of nitrogens with one attached hydrogen (secondary N) is 2. The van der Waals surface area contributed by atoms with Crippen LogP contribution in [-0.2, 0) is 24.1 Å². The Bertz CT molecular complexity index is 1370. The fourth-order valence-electron chi connectivity index (χ4n) is 6.07. The molecular weight excluding hydrogens is 513 g/mol. The molecule has 7 nitrogen and oxygen atoms in total. The van der Waals surface area contributed by atoms with Crippen molar-refractivity contribution in [2.45, 2.75) is 22.7 Å². The van der Waals surface area contributed by atoms with Crippen LogP contribution in [0.2, 0.25) is 0 Å². The van der Waals surface area contributed by atoms with E-state index in [2.05, 4.69) is 10.9 Å². The molecule has 0 aromatic heterocycles. The summed E-state index contributed by atoms with van der Waals surface area (Å²) in [6, 6.07) is 21.8.